The highest BCUT2D eigenvalue weighted by atomic mass is 16.6. The second-order valence-electron chi connectivity index (χ2n) is 7.98. The summed E-state index contributed by atoms with van der Waals surface area (Å²) in [7, 11) is 0. The molecule has 2 heterocycles. The maximum Gasteiger partial charge on any atom is 0.410 e. The molecule has 2 aliphatic rings. The SMILES string of the molecule is CC(C)(C)OC(=O)N1CCC(C(=O)N[C@H]2CCOc3ccccc32)CC1. The number of fused-ring (bicyclic) bond motifs is 1. The van der Waals surface area contributed by atoms with Crippen molar-refractivity contribution >= 4 is 12.0 Å². The van der Waals surface area contributed by atoms with Crippen molar-refractivity contribution in [3.8, 4) is 5.75 Å². The number of hydrogen-bond acceptors (Lipinski definition) is 4. The van der Waals surface area contributed by atoms with Crippen LogP contribution in [-0.2, 0) is 9.53 Å². The number of nitrogens with one attached hydrogen (secondary N) is 1. The third-order valence-electron chi connectivity index (χ3n) is 4.79. The summed E-state index contributed by atoms with van der Waals surface area (Å²) in [6.07, 6.45) is 1.81. The lowest BCUT2D eigenvalue weighted by Gasteiger charge is -2.34. The highest BCUT2D eigenvalue weighted by molar-refractivity contribution is 5.79. The van der Waals surface area contributed by atoms with Crippen molar-refractivity contribution in [2.45, 2.75) is 51.7 Å². The van der Waals surface area contributed by atoms with Crippen LogP contribution in [0.1, 0.15) is 51.6 Å². The second-order valence-corrected chi connectivity index (χ2v) is 7.98. The Balaban J connectivity index is 1.53. The number of hydrogen-bond donors (Lipinski definition) is 1. The first kappa shape index (κ1) is 18.5. The van der Waals surface area contributed by atoms with Gasteiger partial charge in [0, 0.05) is 31.0 Å². The molecule has 1 fully saturated rings. The summed E-state index contributed by atoms with van der Waals surface area (Å²) in [6.45, 7) is 7.29. The first-order chi connectivity index (χ1) is 12.3. The minimum atomic E-state index is -0.498. The zero-order valence-electron chi connectivity index (χ0n) is 15.8. The van der Waals surface area contributed by atoms with E-state index in [9.17, 15) is 9.59 Å². The number of rotatable bonds is 2. The van der Waals surface area contributed by atoms with Gasteiger partial charge in [0.1, 0.15) is 11.4 Å². The Morgan fingerprint density at radius 1 is 1.15 bits per heavy atom. The first-order valence-electron chi connectivity index (χ1n) is 9.33. The molecule has 0 aliphatic carbocycles. The Morgan fingerprint density at radius 2 is 1.85 bits per heavy atom. The Kier molecular flexibility index (Phi) is 5.39. The van der Waals surface area contributed by atoms with Gasteiger partial charge in [0.2, 0.25) is 5.91 Å². The quantitative estimate of drug-likeness (QED) is 0.879. The summed E-state index contributed by atoms with van der Waals surface area (Å²) in [4.78, 5) is 26.5. The molecular formula is C20H28N2O4. The number of para-hydroxylation sites is 1. The largest absolute Gasteiger partial charge is 0.493 e. The third-order valence-corrected chi connectivity index (χ3v) is 4.79. The monoisotopic (exact) mass is 360 g/mol. The van der Waals surface area contributed by atoms with Crippen molar-refractivity contribution in [1.29, 1.82) is 0 Å². The second kappa shape index (κ2) is 7.56. The van der Waals surface area contributed by atoms with Gasteiger partial charge < -0.3 is 19.7 Å². The zero-order valence-corrected chi connectivity index (χ0v) is 15.8. The van der Waals surface area contributed by atoms with Gasteiger partial charge in [-0.15, -0.1) is 0 Å². The lowest BCUT2D eigenvalue weighted by Crippen LogP contribution is -2.45. The number of piperidine rings is 1. The van der Waals surface area contributed by atoms with E-state index < -0.39 is 5.60 Å². The highest BCUT2D eigenvalue weighted by Gasteiger charge is 2.31. The average Bonchev–Trinajstić information content (AvgIpc) is 2.61. The summed E-state index contributed by atoms with van der Waals surface area (Å²) < 4.78 is 11.1. The van der Waals surface area contributed by atoms with E-state index in [0.29, 0.717) is 32.5 Å². The summed E-state index contributed by atoms with van der Waals surface area (Å²) in [6, 6.07) is 7.84. The normalized spacial score (nSPS) is 20.7. The number of carbonyl (C=O) groups is 2. The molecule has 0 saturated carbocycles. The molecular weight excluding hydrogens is 332 g/mol. The van der Waals surface area contributed by atoms with Gasteiger partial charge >= 0.3 is 6.09 Å². The maximum absolute atomic E-state index is 12.7. The van der Waals surface area contributed by atoms with Crippen molar-refractivity contribution < 1.29 is 19.1 Å². The zero-order chi connectivity index (χ0) is 18.7. The predicted molar refractivity (Wildman–Crippen MR) is 98.0 cm³/mol. The molecule has 2 aliphatic heterocycles. The molecule has 3 rings (SSSR count). The first-order valence-corrected chi connectivity index (χ1v) is 9.33. The van der Waals surface area contributed by atoms with Crippen LogP contribution in [0.3, 0.4) is 0 Å². The van der Waals surface area contributed by atoms with Crippen LogP contribution in [0.25, 0.3) is 0 Å². The summed E-state index contributed by atoms with van der Waals surface area (Å²) in [5.74, 6) is 0.850. The lowest BCUT2D eigenvalue weighted by atomic mass is 9.94. The van der Waals surface area contributed by atoms with Gasteiger partial charge in [-0.1, -0.05) is 18.2 Å². The fourth-order valence-corrected chi connectivity index (χ4v) is 3.43. The van der Waals surface area contributed by atoms with Crippen molar-refractivity contribution in [3.63, 3.8) is 0 Å². The predicted octanol–water partition coefficient (Wildman–Crippen LogP) is 3.27. The van der Waals surface area contributed by atoms with Crippen LogP contribution in [-0.4, -0.2) is 42.2 Å². The highest BCUT2D eigenvalue weighted by Crippen LogP contribution is 2.32. The standard InChI is InChI=1S/C20H28N2O4/c1-20(2,3)26-19(24)22-11-8-14(9-12-22)18(23)21-16-10-13-25-17-7-5-4-6-15(16)17/h4-7,14,16H,8-13H2,1-3H3,(H,21,23)/t16-/m0/s1. The molecule has 142 valence electrons. The van der Waals surface area contributed by atoms with Gasteiger partial charge in [0.05, 0.1) is 12.6 Å². The molecule has 1 N–H and O–H groups in total. The molecule has 26 heavy (non-hydrogen) atoms. The lowest BCUT2D eigenvalue weighted by molar-refractivity contribution is -0.127. The topological polar surface area (TPSA) is 67.9 Å². The third kappa shape index (κ3) is 4.48. The van der Waals surface area contributed by atoms with Crippen LogP contribution >= 0.6 is 0 Å². The van der Waals surface area contributed by atoms with Crippen molar-refractivity contribution in [2.75, 3.05) is 19.7 Å². The van der Waals surface area contributed by atoms with E-state index in [1.165, 1.54) is 0 Å². The van der Waals surface area contributed by atoms with E-state index in [4.69, 9.17) is 9.47 Å². The number of ether oxygens (including phenoxy) is 2. The van der Waals surface area contributed by atoms with Crippen molar-refractivity contribution in [3.05, 3.63) is 29.8 Å². The van der Waals surface area contributed by atoms with Gasteiger partial charge in [-0.25, -0.2) is 4.79 Å². The van der Waals surface area contributed by atoms with E-state index in [1.54, 1.807) is 4.90 Å². The molecule has 1 atom stereocenters. The van der Waals surface area contributed by atoms with Crippen LogP contribution in [0.15, 0.2) is 24.3 Å². The van der Waals surface area contributed by atoms with Gasteiger partial charge in [-0.05, 0) is 39.7 Å². The molecule has 0 bridgehead atoms. The Morgan fingerprint density at radius 3 is 2.54 bits per heavy atom. The molecule has 1 aromatic carbocycles. The number of amides is 2. The van der Waals surface area contributed by atoms with E-state index >= 15 is 0 Å². The molecule has 1 aromatic rings. The van der Waals surface area contributed by atoms with Crippen LogP contribution in [0.4, 0.5) is 4.79 Å². The number of likely N-dealkylation sites (tertiary alicyclic amines) is 1. The average molecular weight is 360 g/mol. The van der Waals surface area contributed by atoms with E-state index in [1.807, 2.05) is 45.0 Å². The molecule has 0 aromatic heterocycles. The summed E-state index contributed by atoms with van der Waals surface area (Å²) in [5, 5.41) is 3.17. The molecule has 2 amide bonds. The molecule has 6 heteroatoms. The molecule has 0 spiro atoms. The van der Waals surface area contributed by atoms with Crippen LogP contribution in [0.2, 0.25) is 0 Å². The summed E-state index contributed by atoms with van der Waals surface area (Å²) >= 11 is 0. The minimum Gasteiger partial charge on any atom is -0.493 e. The molecule has 0 unspecified atom stereocenters. The van der Waals surface area contributed by atoms with Gasteiger partial charge in [-0.2, -0.15) is 0 Å². The maximum atomic E-state index is 12.7. The number of carbonyl (C=O) groups excluding carboxylic acids is 2. The van der Waals surface area contributed by atoms with Gasteiger partial charge in [-0.3, -0.25) is 4.79 Å². The van der Waals surface area contributed by atoms with Gasteiger partial charge in [0.25, 0.3) is 0 Å². The molecule has 1 saturated heterocycles. The van der Waals surface area contributed by atoms with Crippen molar-refractivity contribution in [2.24, 2.45) is 5.92 Å². The van der Waals surface area contributed by atoms with E-state index in [-0.39, 0.29) is 24.0 Å². The Hall–Kier alpha value is -2.24. The Bertz CT molecular complexity index is 660. The van der Waals surface area contributed by atoms with Crippen LogP contribution < -0.4 is 10.1 Å². The molecule has 0 radical (unpaired) electrons. The fourth-order valence-electron chi connectivity index (χ4n) is 3.43. The summed E-state index contributed by atoms with van der Waals surface area (Å²) in [5.41, 5.74) is 0.542. The van der Waals surface area contributed by atoms with Crippen molar-refractivity contribution in [1.82, 2.24) is 10.2 Å². The van der Waals surface area contributed by atoms with Crippen LogP contribution in [0, 0.1) is 5.92 Å². The number of benzene rings is 1. The molecule has 6 nitrogen and oxygen atoms in total. The number of nitrogens with zero attached hydrogens (tertiary/aromatic N) is 1. The van der Waals surface area contributed by atoms with E-state index in [0.717, 1.165) is 17.7 Å². The Labute approximate surface area is 154 Å². The van der Waals surface area contributed by atoms with Crippen LogP contribution in [0.5, 0.6) is 5.75 Å². The minimum absolute atomic E-state index is 0.00339. The fraction of sp³-hybridized carbons (Fsp3) is 0.600. The van der Waals surface area contributed by atoms with Gasteiger partial charge in [0.15, 0.2) is 0 Å². The van der Waals surface area contributed by atoms with E-state index in [2.05, 4.69) is 5.32 Å². The smallest absolute Gasteiger partial charge is 0.410 e.